The number of aromatic amines is 1. The molecule has 2 aliphatic rings. The highest BCUT2D eigenvalue weighted by Crippen LogP contribution is 2.37. The third kappa shape index (κ3) is 3.01. The summed E-state index contributed by atoms with van der Waals surface area (Å²) < 4.78 is 39.3. The van der Waals surface area contributed by atoms with Gasteiger partial charge in [0.2, 0.25) is 5.91 Å². The number of carbonyl (C=O) groups is 1. The van der Waals surface area contributed by atoms with E-state index in [0.29, 0.717) is 31.6 Å². The molecule has 0 radical (unpaired) electrons. The van der Waals surface area contributed by atoms with E-state index in [2.05, 4.69) is 16.4 Å². The van der Waals surface area contributed by atoms with Gasteiger partial charge in [0.15, 0.2) is 11.9 Å². The lowest BCUT2D eigenvalue weighted by Crippen LogP contribution is -2.41. The van der Waals surface area contributed by atoms with Crippen molar-refractivity contribution in [3.63, 3.8) is 0 Å². The zero-order valence-corrected chi connectivity index (χ0v) is 14.3. The van der Waals surface area contributed by atoms with Crippen molar-refractivity contribution in [2.24, 2.45) is 0 Å². The SMILES string of the molecule is N#CN1CCC[C@H]1C(=O)N1Cc2ccc(-c3c[nH]nc3C(F)(F)F)cc2C1. The van der Waals surface area contributed by atoms with Crippen LogP contribution < -0.4 is 0 Å². The Bertz CT molecular complexity index is 930. The van der Waals surface area contributed by atoms with Gasteiger partial charge in [-0.2, -0.15) is 23.5 Å². The third-order valence-corrected chi connectivity index (χ3v) is 5.13. The van der Waals surface area contributed by atoms with Crippen LogP contribution in [0, 0.1) is 11.5 Å². The van der Waals surface area contributed by atoms with Gasteiger partial charge in [-0.05, 0) is 35.6 Å². The summed E-state index contributed by atoms with van der Waals surface area (Å²) in [6, 6.07) is 4.61. The zero-order valence-electron chi connectivity index (χ0n) is 14.3. The van der Waals surface area contributed by atoms with E-state index in [1.54, 1.807) is 23.1 Å². The average Bonchev–Trinajstić information content (AvgIpc) is 3.37. The molecule has 0 bridgehead atoms. The number of alkyl halides is 3. The summed E-state index contributed by atoms with van der Waals surface area (Å²) in [5.41, 5.74) is 1.16. The number of carbonyl (C=O) groups excluding carboxylic acids is 1. The van der Waals surface area contributed by atoms with Gasteiger partial charge in [-0.15, -0.1) is 0 Å². The fraction of sp³-hybridized carbons (Fsp3) is 0.389. The smallest absolute Gasteiger partial charge is 0.332 e. The fourth-order valence-electron chi connectivity index (χ4n) is 3.80. The molecule has 27 heavy (non-hydrogen) atoms. The maximum Gasteiger partial charge on any atom is 0.435 e. The topological polar surface area (TPSA) is 76.0 Å². The average molecular weight is 375 g/mol. The molecule has 140 valence electrons. The molecule has 1 amide bonds. The van der Waals surface area contributed by atoms with Crippen LogP contribution in [0.1, 0.15) is 29.7 Å². The van der Waals surface area contributed by atoms with Crippen LogP contribution >= 0.6 is 0 Å². The molecule has 2 aliphatic heterocycles. The molecule has 6 nitrogen and oxygen atoms in total. The lowest BCUT2D eigenvalue weighted by Gasteiger charge is -2.23. The van der Waals surface area contributed by atoms with Crippen molar-refractivity contribution >= 4 is 5.91 Å². The number of hydrogen-bond acceptors (Lipinski definition) is 4. The lowest BCUT2D eigenvalue weighted by atomic mass is 10.0. The molecule has 0 unspecified atom stereocenters. The summed E-state index contributed by atoms with van der Waals surface area (Å²) in [7, 11) is 0. The Morgan fingerprint density at radius 1 is 1.30 bits per heavy atom. The Kier molecular flexibility index (Phi) is 4.06. The maximum atomic E-state index is 13.1. The molecule has 4 rings (SSSR count). The highest BCUT2D eigenvalue weighted by atomic mass is 19.4. The first-order valence-electron chi connectivity index (χ1n) is 8.57. The molecule has 9 heteroatoms. The minimum atomic E-state index is -4.54. The van der Waals surface area contributed by atoms with Crippen molar-refractivity contribution < 1.29 is 18.0 Å². The highest BCUT2D eigenvalue weighted by Gasteiger charge is 2.38. The van der Waals surface area contributed by atoms with Crippen LogP contribution in [0.3, 0.4) is 0 Å². The summed E-state index contributed by atoms with van der Waals surface area (Å²) in [5, 5.41) is 14.7. The third-order valence-electron chi connectivity index (χ3n) is 5.13. The van der Waals surface area contributed by atoms with E-state index in [0.717, 1.165) is 17.5 Å². The standard InChI is InChI=1S/C18H16F3N5O/c19-18(20,21)16-14(7-23-24-16)11-3-4-12-8-26(9-13(12)6-11)17(27)15-2-1-5-25(15)10-22/h3-4,6-7,15H,1-2,5,8-9H2,(H,23,24)/t15-/m0/s1. The number of nitriles is 1. The largest absolute Gasteiger partial charge is 0.435 e. The second kappa shape index (κ2) is 6.30. The number of nitrogens with one attached hydrogen (secondary N) is 1. The minimum absolute atomic E-state index is 0.0125. The summed E-state index contributed by atoms with van der Waals surface area (Å²) >= 11 is 0. The van der Waals surface area contributed by atoms with Crippen LogP contribution in [0.25, 0.3) is 11.1 Å². The number of aromatic nitrogens is 2. The number of halogens is 3. The van der Waals surface area contributed by atoms with Crippen LogP contribution in [0.15, 0.2) is 24.4 Å². The summed E-state index contributed by atoms with van der Waals surface area (Å²) in [6.07, 6.45) is 0.191. The Morgan fingerprint density at radius 3 is 2.81 bits per heavy atom. The molecule has 0 aliphatic carbocycles. The Balaban J connectivity index is 1.57. The van der Waals surface area contributed by atoms with E-state index in [1.807, 2.05) is 0 Å². The zero-order chi connectivity index (χ0) is 19.2. The molecule has 2 aromatic rings. The number of benzene rings is 1. The number of rotatable bonds is 2. The second-order valence-electron chi connectivity index (χ2n) is 6.77. The molecule has 1 N–H and O–H groups in total. The van der Waals surface area contributed by atoms with Gasteiger partial charge >= 0.3 is 6.18 Å². The van der Waals surface area contributed by atoms with Gasteiger partial charge < -0.3 is 4.90 Å². The van der Waals surface area contributed by atoms with Crippen molar-refractivity contribution in [3.8, 4) is 17.3 Å². The minimum Gasteiger partial charge on any atom is -0.332 e. The van der Waals surface area contributed by atoms with Crippen molar-refractivity contribution in [1.29, 1.82) is 5.26 Å². The molecule has 0 spiro atoms. The van der Waals surface area contributed by atoms with E-state index in [4.69, 9.17) is 5.26 Å². The molecule has 1 aromatic heterocycles. The molecular formula is C18H16F3N5O. The number of amides is 1. The summed E-state index contributed by atoms with van der Waals surface area (Å²) in [4.78, 5) is 15.9. The molecule has 1 aromatic carbocycles. The number of fused-ring (bicyclic) bond motifs is 1. The van der Waals surface area contributed by atoms with Crippen molar-refractivity contribution in [1.82, 2.24) is 20.0 Å². The van der Waals surface area contributed by atoms with Gasteiger partial charge in [-0.1, -0.05) is 12.1 Å². The monoisotopic (exact) mass is 375 g/mol. The molecule has 1 fully saturated rings. The highest BCUT2D eigenvalue weighted by molar-refractivity contribution is 5.83. The maximum absolute atomic E-state index is 13.1. The van der Waals surface area contributed by atoms with Crippen LogP contribution in [0.5, 0.6) is 0 Å². The second-order valence-corrected chi connectivity index (χ2v) is 6.77. The van der Waals surface area contributed by atoms with Crippen LogP contribution in [0.4, 0.5) is 13.2 Å². The van der Waals surface area contributed by atoms with Gasteiger partial charge in [-0.25, -0.2) is 0 Å². The van der Waals surface area contributed by atoms with E-state index < -0.39 is 17.9 Å². The first kappa shape index (κ1) is 17.4. The summed E-state index contributed by atoms with van der Waals surface area (Å²) in [5.74, 6) is -0.105. The molecule has 1 atom stereocenters. The van der Waals surface area contributed by atoms with Crippen molar-refractivity contribution in [2.75, 3.05) is 6.54 Å². The quantitative estimate of drug-likeness (QED) is 0.819. The molecule has 1 saturated heterocycles. The van der Waals surface area contributed by atoms with Crippen LogP contribution in [0.2, 0.25) is 0 Å². The predicted octanol–water partition coefficient (Wildman–Crippen LogP) is 2.88. The van der Waals surface area contributed by atoms with Crippen molar-refractivity contribution in [3.05, 3.63) is 41.2 Å². The van der Waals surface area contributed by atoms with Crippen molar-refractivity contribution in [2.45, 2.75) is 38.1 Å². The van der Waals surface area contributed by atoms with Gasteiger partial charge in [0, 0.05) is 31.4 Å². The Morgan fingerprint density at radius 2 is 2.07 bits per heavy atom. The molecule has 0 saturated carbocycles. The Hall–Kier alpha value is -3.02. The van der Waals surface area contributed by atoms with Crippen LogP contribution in [-0.4, -0.2) is 38.5 Å². The number of likely N-dealkylation sites (tertiary alicyclic amines) is 1. The van der Waals surface area contributed by atoms with Gasteiger partial charge in [-0.3, -0.25) is 14.8 Å². The number of H-pyrrole nitrogens is 1. The Labute approximate surface area is 153 Å². The molecule has 3 heterocycles. The number of nitrogens with zero attached hydrogens (tertiary/aromatic N) is 4. The summed E-state index contributed by atoms with van der Waals surface area (Å²) in [6.45, 7) is 1.32. The van der Waals surface area contributed by atoms with Gasteiger partial charge in [0.25, 0.3) is 0 Å². The number of hydrogen-bond donors (Lipinski definition) is 1. The van der Waals surface area contributed by atoms with E-state index in [-0.39, 0.29) is 11.5 Å². The predicted molar refractivity (Wildman–Crippen MR) is 88.6 cm³/mol. The first-order valence-corrected chi connectivity index (χ1v) is 8.57. The first-order chi connectivity index (χ1) is 12.9. The fourth-order valence-corrected chi connectivity index (χ4v) is 3.80. The van der Waals surface area contributed by atoms with Gasteiger partial charge in [0.1, 0.15) is 6.04 Å². The van der Waals surface area contributed by atoms with Crippen LogP contribution in [-0.2, 0) is 24.1 Å². The van der Waals surface area contributed by atoms with E-state index in [1.165, 1.54) is 11.1 Å². The molecular weight excluding hydrogens is 359 g/mol. The van der Waals surface area contributed by atoms with Gasteiger partial charge in [0.05, 0.1) is 0 Å². The van der Waals surface area contributed by atoms with E-state index >= 15 is 0 Å². The van der Waals surface area contributed by atoms with E-state index in [9.17, 15) is 18.0 Å². The normalized spacial score (nSPS) is 19.3. The lowest BCUT2D eigenvalue weighted by molar-refractivity contribution is -0.140.